The van der Waals surface area contributed by atoms with E-state index in [9.17, 15) is 26.4 Å². The van der Waals surface area contributed by atoms with Crippen LogP contribution in [0.4, 0.5) is 18.9 Å². The SMILES string of the molecule is O=C(CN(c1ccc(Cl)c(C(F)(F)F)c1)S(=O)(=O)c1ccccc1)NCCSCc1ccc(Cl)cc1Cl. The zero-order valence-electron chi connectivity index (χ0n) is 18.9. The van der Waals surface area contributed by atoms with Gasteiger partial charge in [-0.3, -0.25) is 9.10 Å². The molecule has 0 spiro atoms. The normalized spacial score (nSPS) is 11.8. The number of halogens is 6. The Hall–Kier alpha value is -2.11. The third kappa shape index (κ3) is 7.94. The van der Waals surface area contributed by atoms with E-state index in [-0.39, 0.29) is 17.1 Å². The van der Waals surface area contributed by atoms with Gasteiger partial charge in [-0.1, -0.05) is 59.1 Å². The van der Waals surface area contributed by atoms with Gasteiger partial charge in [-0.05, 0) is 48.0 Å². The van der Waals surface area contributed by atoms with Crippen molar-refractivity contribution in [3.05, 3.63) is 92.9 Å². The highest BCUT2D eigenvalue weighted by atomic mass is 35.5. The molecule has 0 aliphatic rings. The fourth-order valence-electron chi connectivity index (χ4n) is 3.19. The van der Waals surface area contributed by atoms with Crippen LogP contribution in [0.15, 0.2) is 71.6 Å². The van der Waals surface area contributed by atoms with E-state index in [0.29, 0.717) is 31.9 Å². The number of sulfonamides is 1. The molecular formula is C24H20Cl3F3N2O3S2. The van der Waals surface area contributed by atoms with Crippen molar-refractivity contribution in [1.29, 1.82) is 0 Å². The Kier molecular flexibility index (Phi) is 10.0. The van der Waals surface area contributed by atoms with Gasteiger partial charge in [-0.15, -0.1) is 0 Å². The summed E-state index contributed by atoms with van der Waals surface area (Å²) in [7, 11) is -4.37. The average molecular weight is 612 g/mol. The number of hydrogen-bond donors (Lipinski definition) is 1. The molecule has 0 radical (unpaired) electrons. The van der Waals surface area contributed by atoms with Gasteiger partial charge >= 0.3 is 6.18 Å². The van der Waals surface area contributed by atoms with Crippen LogP contribution in [0.5, 0.6) is 0 Å². The first-order valence-electron chi connectivity index (χ1n) is 10.6. The number of anilines is 1. The van der Waals surface area contributed by atoms with Crippen LogP contribution in [0.1, 0.15) is 11.1 Å². The zero-order chi connectivity index (χ0) is 27.2. The van der Waals surface area contributed by atoms with E-state index in [1.54, 1.807) is 24.3 Å². The first-order valence-corrected chi connectivity index (χ1v) is 14.4. The standard InChI is InChI=1S/C24H20Cl3F3N2O3S2/c25-17-7-6-16(22(27)12-17)15-36-11-10-31-23(33)14-32(37(34,35)19-4-2-1-3-5-19)18-8-9-21(26)20(13-18)24(28,29)30/h1-9,12-13H,10-11,14-15H2,(H,31,33). The number of benzene rings is 3. The summed E-state index contributed by atoms with van der Waals surface area (Å²) in [5.74, 6) is 0.355. The lowest BCUT2D eigenvalue weighted by atomic mass is 10.2. The molecule has 0 saturated carbocycles. The summed E-state index contributed by atoms with van der Waals surface area (Å²) < 4.78 is 67.5. The summed E-state index contributed by atoms with van der Waals surface area (Å²) in [4.78, 5) is 12.5. The first-order chi connectivity index (χ1) is 17.4. The lowest BCUT2D eigenvalue weighted by molar-refractivity contribution is -0.137. The maximum absolute atomic E-state index is 13.4. The van der Waals surface area contributed by atoms with Gasteiger partial charge in [0.25, 0.3) is 10.0 Å². The molecule has 0 saturated heterocycles. The molecule has 1 N–H and O–H groups in total. The molecule has 0 aromatic heterocycles. The Morgan fingerprint density at radius 2 is 1.65 bits per heavy atom. The summed E-state index contributed by atoms with van der Waals surface area (Å²) >= 11 is 19.2. The summed E-state index contributed by atoms with van der Waals surface area (Å²) in [6.07, 6.45) is -4.82. The minimum Gasteiger partial charge on any atom is -0.354 e. The van der Waals surface area contributed by atoms with Crippen LogP contribution >= 0.6 is 46.6 Å². The maximum Gasteiger partial charge on any atom is 0.417 e. The lowest BCUT2D eigenvalue weighted by Crippen LogP contribution is -2.41. The molecule has 0 fully saturated rings. The molecular weight excluding hydrogens is 592 g/mol. The summed E-state index contributed by atoms with van der Waals surface area (Å²) in [6, 6.07) is 14.9. The fraction of sp³-hybridized carbons (Fsp3) is 0.208. The van der Waals surface area contributed by atoms with Crippen LogP contribution in [-0.4, -0.2) is 33.2 Å². The monoisotopic (exact) mass is 610 g/mol. The van der Waals surface area contributed by atoms with Crippen molar-refractivity contribution in [3.8, 4) is 0 Å². The number of carbonyl (C=O) groups excluding carboxylic acids is 1. The van der Waals surface area contributed by atoms with Crippen LogP contribution in [0.2, 0.25) is 15.1 Å². The highest BCUT2D eigenvalue weighted by Crippen LogP contribution is 2.38. The smallest absolute Gasteiger partial charge is 0.354 e. The molecule has 0 aliphatic heterocycles. The molecule has 0 atom stereocenters. The third-order valence-electron chi connectivity index (χ3n) is 5.00. The molecule has 13 heteroatoms. The quantitative estimate of drug-likeness (QED) is 0.253. The fourth-order valence-corrected chi connectivity index (χ4v) is 6.27. The Morgan fingerprint density at radius 1 is 0.946 bits per heavy atom. The molecule has 0 bridgehead atoms. The molecule has 0 heterocycles. The molecule has 0 unspecified atom stereocenters. The third-order valence-corrected chi connectivity index (χ3v) is 8.72. The van der Waals surface area contributed by atoms with Gasteiger partial charge in [0.05, 0.1) is 21.2 Å². The number of nitrogens with one attached hydrogen (secondary N) is 1. The van der Waals surface area contributed by atoms with Gasteiger partial charge in [-0.25, -0.2) is 8.42 Å². The number of rotatable bonds is 10. The zero-order valence-corrected chi connectivity index (χ0v) is 22.8. The molecule has 3 aromatic rings. The lowest BCUT2D eigenvalue weighted by Gasteiger charge is -2.25. The first kappa shape index (κ1) is 29.4. The molecule has 3 rings (SSSR count). The largest absolute Gasteiger partial charge is 0.417 e. The molecule has 0 aliphatic carbocycles. The summed E-state index contributed by atoms with van der Waals surface area (Å²) in [5.41, 5.74) is -0.689. The predicted molar refractivity (Wildman–Crippen MR) is 143 cm³/mol. The Bertz CT molecular complexity index is 1360. The van der Waals surface area contributed by atoms with E-state index in [0.717, 1.165) is 17.7 Å². The molecule has 37 heavy (non-hydrogen) atoms. The van der Waals surface area contributed by atoms with Gasteiger partial charge in [0.2, 0.25) is 5.91 Å². The molecule has 3 aromatic carbocycles. The van der Waals surface area contributed by atoms with Crippen molar-refractivity contribution < 1.29 is 26.4 Å². The van der Waals surface area contributed by atoms with E-state index >= 15 is 0 Å². The minimum absolute atomic E-state index is 0.179. The van der Waals surface area contributed by atoms with Crippen LogP contribution in [0.3, 0.4) is 0 Å². The number of thioether (sulfide) groups is 1. The van der Waals surface area contributed by atoms with Crippen molar-refractivity contribution in [1.82, 2.24) is 5.32 Å². The summed E-state index contributed by atoms with van der Waals surface area (Å²) in [5, 5.41) is 3.06. The van der Waals surface area contributed by atoms with Crippen LogP contribution in [-0.2, 0) is 26.7 Å². The van der Waals surface area contributed by atoms with Crippen LogP contribution in [0, 0.1) is 0 Å². The second-order valence-corrected chi connectivity index (χ2v) is 11.8. The van der Waals surface area contributed by atoms with E-state index in [1.807, 2.05) is 0 Å². The van der Waals surface area contributed by atoms with Crippen molar-refractivity contribution >= 4 is 68.2 Å². The number of amides is 1. The number of nitrogens with zero attached hydrogens (tertiary/aromatic N) is 1. The Morgan fingerprint density at radius 3 is 2.30 bits per heavy atom. The van der Waals surface area contributed by atoms with Gasteiger partial charge in [0, 0.05) is 28.1 Å². The maximum atomic E-state index is 13.4. The number of alkyl halides is 3. The molecule has 1 amide bonds. The second kappa shape index (κ2) is 12.6. The van der Waals surface area contributed by atoms with Crippen molar-refractivity contribution in [2.75, 3.05) is 23.1 Å². The van der Waals surface area contributed by atoms with Gasteiger partial charge in [0.15, 0.2) is 0 Å². The highest BCUT2D eigenvalue weighted by molar-refractivity contribution is 7.98. The van der Waals surface area contributed by atoms with E-state index in [1.165, 1.54) is 36.0 Å². The van der Waals surface area contributed by atoms with Crippen LogP contribution < -0.4 is 9.62 Å². The van der Waals surface area contributed by atoms with E-state index in [4.69, 9.17) is 34.8 Å². The Balaban J connectivity index is 1.73. The van der Waals surface area contributed by atoms with Crippen molar-refractivity contribution in [2.45, 2.75) is 16.8 Å². The Labute approximate surface area is 231 Å². The summed E-state index contributed by atoms with van der Waals surface area (Å²) in [6.45, 7) is -0.536. The second-order valence-electron chi connectivity index (χ2n) is 7.62. The topological polar surface area (TPSA) is 66.5 Å². The van der Waals surface area contributed by atoms with Crippen molar-refractivity contribution in [3.63, 3.8) is 0 Å². The van der Waals surface area contributed by atoms with Crippen molar-refractivity contribution in [2.24, 2.45) is 0 Å². The molecule has 5 nitrogen and oxygen atoms in total. The van der Waals surface area contributed by atoms with Gasteiger partial charge < -0.3 is 5.32 Å². The van der Waals surface area contributed by atoms with E-state index in [2.05, 4.69) is 5.32 Å². The van der Waals surface area contributed by atoms with Crippen LogP contribution in [0.25, 0.3) is 0 Å². The highest BCUT2D eigenvalue weighted by Gasteiger charge is 2.35. The number of carbonyl (C=O) groups is 1. The average Bonchev–Trinajstić information content (AvgIpc) is 2.84. The van der Waals surface area contributed by atoms with E-state index < -0.39 is 39.2 Å². The molecule has 198 valence electrons. The van der Waals surface area contributed by atoms with Gasteiger partial charge in [-0.2, -0.15) is 24.9 Å². The predicted octanol–water partition coefficient (Wildman–Crippen LogP) is 6.91. The number of hydrogen-bond acceptors (Lipinski definition) is 4. The van der Waals surface area contributed by atoms with Gasteiger partial charge in [0.1, 0.15) is 6.54 Å². The minimum atomic E-state index is -4.82.